The maximum absolute atomic E-state index is 12.3. The maximum atomic E-state index is 12.3. The molecule has 2 N–H and O–H groups in total. The van der Waals surface area contributed by atoms with Gasteiger partial charge in [-0.1, -0.05) is 0 Å². The summed E-state index contributed by atoms with van der Waals surface area (Å²) >= 11 is 0. The molecule has 1 fully saturated rings. The lowest BCUT2D eigenvalue weighted by molar-refractivity contribution is 0.180. The Morgan fingerprint density at radius 3 is 2.60 bits per heavy atom. The second kappa shape index (κ2) is 6.56. The summed E-state index contributed by atoms with van der Waals surface area (Å²) in [5.74, 6) is 0.255. The van der Waals surface area contributed by atoms with Crippen LogP contribution in [0.15, 0.2) is 29.2 Å². The van der Waals surface area contributed by atoms with Crippen molar-refractivity contribution in [3.05, 3.63) is 24.3 Å². The first-order chi connectivity index (χ1) is 9.53. The Kier molecular flexibility index (Phi) is 5.01. The molecule has 5 nitrogen and oxygen atoms in total. The number of ether oxygens (including phenoxy) is 1. The van der Waals surface area contributed by atoms with Crippen LogP contribution in [-0.4, -0.2) is 34.2 Å². The van der Waals surface area contributed by atoms with Crippen LogP contribution in [0.2, 0.25) is 0 Å². The van der Waals surface area contributed by atoms with E-state index in [9.17, 15) is 8.42 Å². The summed E-state index contributed by atoms with van der Waals surface area (Å²) in [7, 11) is -3.46. The van der Waals surface area contributed by atoms with Gasteiger partial charge in [0.1, 0.15) is 0 Å². The molecule has 2 atom stereocenters. The Balaban J connectivity index is 2.05. The molecule has 1 aliphatic heterocycles. The quantitative estimate of drug-likeness (QED) is 0.840. The van der Waals surface area contributed by atoms with Gasteiger partial charge in [-0.05, 0) is 44.5 Å². The first kappa shape index (κ1) is 15.3. The van der Waals surface area contributed by atoms with Gasteiger partial charge in [0.05, 0.1) is 11.5 Å². The van der Waals surface area contributed by atoms with Crippen LogP contribution in [0.25, 0.3) is 0 Å². The number of anilines is 1. The van der Waals surface area contributed by atoms with Gasteiger partial charge in [0.25, 0.3) is 0 Å². The van der Waals surface area contributed by atoms with Crippen LogP contribution in [0.5, 0.6) is 0 Å². The monoisotopic (exact) mass is 298 g/mol. The molecule has 0 amide bonds. The predicted octanol–water partition coefficient (Wildman–Crippen LogP) is 1.82. The highest BCUT2D eigenvalue weighted by Gasteiger charge is 2.26. The van der Waals surface area contributed by atoms with Crippen molar-refractivity contribution in [1.82, 2.24) is 4.72 Å². The number of benzene rings is 1. The average molecular weight is 298 g/mol. The van der Waals surface area contributed by atoms with E-state index in [1.807, 2.05) is 13.8 Å². The molecule has 1 aromatic carbocycles. The second-order valence-electron chi connectivity index (χ2n) is 5.09. The minimum absolute atomic E-state index is 0.115. The predicted molar refractivity (Wildman–Crippen MR) is 79.3 cm³/mol. The molecule has 1 heterocycles. The first-order valence-electron chi connectivity index (χ1n) is 6.97. The number of hydrogen-bond donors (Lipinski definition) is 2. The highest BCUT2D eigenvalue weighted by atomic mass is 32.2. The van der Waals surface area contributed by atoms with E-state index in [0.29, 0.717) is 18.1 Å². The van der Waals surface area contributed by atoms with Crippen LogP contribution in [0, 0.1) is 5.92 Å². The van der Waals surface area contributed by atoms with E-state index in [1.54, 1.807) is 24.3 Å². The Bertz CT molecular complexity index is 522. The van der Waals surface area contributed by atoms with Crippen LogP contribution in [0.3, 0.4) is 0 Å². The van der Waals surface area contributed by atoms with Crippen molar-refractivity contribution in [1.29, 1.82) is 0 Å². The number of sulfonamides is 1. The molecule has 2 unspecified atom stereocenters. The van der Waals surface area contributed by atoms with E-state index in [0.717, 1.165) is 18.7 Å². The molecule has 112 valence electrons. The molecule has 1 aliphatic rings. The van der Waals surface area contributed by atoms with E-state index in [1.165, 1.54) is 0 Å². The fraction of sp³-hybridized carbons (Fsp3) is 0.571. The zero-order valence-electron chi connectivity index (χ0n) is 11.9. The summed E-state index contributed by atoms with van der Waals surface area (Å²) in [5, 5.41) is 3.14. The largest absolute Gasteiger partial charge is 0.385 e. The zero-order valence-corrected chi connectivity index (χ0v) is 12.7. The third-order valence-corrected chi connectivity index (χ3v) is 5.13. The van der Waals surface area contributed by atoms with E-state index in [2.05, 4.69) is 10.0 Å². The molecule has 0 aliphatic carbocycles. The molecule has 0 bridgehead atoms. The van der Waals surface area contributed by atoms with Gasteiger partial charge in [0.2, 0.25) is 10.0 Å². The van der Waals surface area contributed by atoms with Gasteiger partial charge in [-0.25, -0.2) is 13.1 Å². The Morgan fingerprint density at radius 1 is 1.35 bits per heavy atom. The van der Waals surface area contributed by atoms with Crippen molar-refractivity contribution >= 4 is 15.7 Å². The first-order valence-corrected chi connectivity index (χ1v) is 8.45. The molecule has 0 spiro atoms. The Hall–Kier alpha value is -1.11. The average Bonchev–Trinajstić information content (AvgIpc) is 2.93. The summed E-state index contributed by atoms with van der Waals surface area (Å²) < 4.78 is 32.6. The van der Waals surface area contributed by atoms with Crippen molar-refractivity contribution in [3.63, 3.8) is 0 Å². The van der Waals surface area contributed by atoms with Gasteiger partial charge in [0, 0.05) is 30.8 Å². The van der Waals surface area contributed by atoms with Crippen molar-refractivity contribution in [2.75, 3.05) is 25.1 Å². The molecule has 6 heteroatoms. The SMILES string of the molecule is CCNc1ccc(S(=O)(=O)NC(C)C2CCOC2)cc1. The van der Waals surface area contributed by atoms with E-state index in [4.69, 9.17) is 4.74 Å². The summed E-state index contributed by atoms with van der Waals surface area (Å²) in [6, 6.07) is 6.69. The number of hydrogen-bond acceptors (Lipinski definition) is 4. The van der Waals surface area contributed by atoms with Gasteiger partial charge in [-0.2, -0.15) is 0 Å². The molecule has 0 radical (unpaired) electrons. The minimum atomic E-state index is -3.46. The van der Waals surface area contributed by atoms with Crippen LogP contribution in [0.1, 0.15) is 20.3 Å². The van der Waals surface area contributed by atoms with E-state index < -0.39 is 10.0 Å². The standard InChI is InChI=1S/C14H22N2O3S/c1-3-15-13-4-6-14(7-5-13)20(17,18)16-11(2)12-8-9-19-10-12/h4-7,11-12,15-16H,3,8-10H2,1-2H3. The van der Waals surface area contributed by atoms with Crippen LogP contribution >= 0.6 is 0 Å². The number of nitrogens with one attached hydrogen (secondary N) is 2. The van der Waals surface area contributed by atoms with Crippen molar-refractivity contribution in [2.24, 2.45) is 5.92 Å². The van der Waals surface area contributed by atoms with E-state index in [-0.39, 0.29) is 12.0 Å². The molecule has 0 aromatic heterocycles. The van der Waals surface area contributed by atoms with Crippen molar-refractivity contribution in [2.45, 2.75) is 31.2 Å². The zero-order chi connectivity index (χ0) is 14.6. The van der Waals surface area contributed by atoms with Gasteiger partial charge in [-0.15, -0.1) is 0 Å². The Morgan fingerprint density at radius 2 is 2.05 bits per heavy atom. The highest BCUT2D eigenvalue weighted by Crippen LogP contribution is 2.19. The molecule has 20 heavy (non-hydrogen) atoms. The number of rotatable bonds is 6. The molecule has 2 rings (SSSR count). The van der Waals surface area contributed by atoms with Gasteiger partial charge in [0.15, 0.2) is 0 Å². The Labute approximate surface area is 120 Å². The van der Waals surface area contributed by atoms with Crippen molar-refractivity contribution in [3.8, 4) is 0 Å². The van der Waals surface area contributed by atoms with E-state index >= 15 is 0 Å². The third-order valence-electron chi connectivity index (χ3n) is 3.56. The van der Waals surface area contributed by atoms with Gasteiger partial charge < -0.3 is 10.1 Å². The molecule has 1 saturated heterocycles. The lowest BCUT2D eigenvalue weighted by Gasteiger charge is -2.19. The van der Waals surface area contributed by atoms with Crippen molar-refractivity contribution < 1.29 is 13.2 Å². The van der Waals surface area contributed by atoms with Crippen LogP contribution < -0.4 is 10.0 Å². The van der Waals surface area contributed by atoms with Gasteiger partial charge >= 0.3 is 0 Å². The molecule has 1 aromatic rings. The molecular weight excluding hydrogens is 276 g/mol. The lowest BCUT2D eigenvalue weighted by atomic mass is 10.0. The van der Waals surface area contributed by atoms with Gasteiger partial charge in [-0.3, -0.25) is 0 Å². The normalized spacial score (nSPS) is 20.8. The molecular formula is C14H22N2O3S. The second-order valence-corrected chi connectivity index (χ2v) is 6.80. The lowest BCUT2D eigenvalue weighted by Crippen LogP contribution is -2.38. The summed E-state index contributed by atoms with van der Waals surface area (Å²) in [5.41, 5.74) is 0.920. The fourth-order valence-electron chi connectivity index (χ4n) is 2.31. The topological polar surface area (TPSA) is 67.4 Å². The van der Waals surface area contributed by atoms with Crippen LogP contribution in [-0.2, 0) is 14.8 Å². The third kappa shape index (κ3) is 3.71. The fourth-order valence-corrected chi connectivity index (χ4v) is 3.62. The van der Waals surface area contributed by atoms with Crippen LogP contribution in [0.4, 0.5) is 5.69 Å². The smallest absolute Gasteiger partial charge is 0.240 e. The minimum Gasteiger partial charge on any atom is -0.385 e. The highest BCUT2D eigenvalue weighted by molar-refractivity contribution is 7.89. The summed E-state index contributed by atoms with van der Waals surface area (Å²) in [6.07, 6.45) is 0.906. The molecule has 0 saturated carbocycles. The summed E-state index contributed by atoms with van der Waals surface area (Å²) in [6.45, 7) is 6.04. The maximum Gasteiger partial charge on any atom is 0.240 e. The summed E-state index contributed by atoms with van der Waals surface area (Å²) in [4.78, 5) is 0.296.